The molecule has 1 N–H and O–H groups in total. The summed E-state index contributed by atoms with van der Waals surface area (Å²) in [5.41, 5.74) is 3.01. The number of hydrogen-bond acceptors (Lipinski definition) is 6. The van der Waals surface area contributed by atoms with Crippen LogP contribution in [0.25, 0.3) is 10.9 Å². The van der Waals surface area contributed by atoms with Crippen molar-refractivity contribution in [3.05, 3.63) is 52.6 Å². The summed E-state index contributed by atoms with van der Waals surface area (Å²) in [6.07, 6.45) is 8.68. The van der Waals surface area contributed by atoms with Gasteiger partial charge in [0.25, 0.3) is 0 Å². The van der Waals surface area contributed by atoms with Gasteiger partial charge in [-0.05, 0) is 93.8 Å². The van der Waals surface area contributed by atoms with Crippen LogP contribution in [0.5, 0.6) is 5.75 Å². The van der Waals surface area contributed by atoms with E-state index in [1.807, 2.05) is 29.9 Å². The number of aromatic nitrogens is 2. The Kier molecular flexibility index (Phi) is 8.63. The van der Waals surface area contributed by atoms with Crippen molar-refractivity contribution in [2.24, 2.45) is 13.0 Å². The number of imide groups is 1. The molecule has 6 rings (SSSR count). The quantitative estimate of drug-likeness (QED) is 0.340. The molecule has 0 spiro atoms. The number of carbonyl (C=O) groups is 2. The number of halogens is 1. The lowest BCUT2D eigenvalue weighted by Crippen LogP contribution is -2.46. The van der Waals surface area contributed by atoms with Crippen molar-refractivity contribution in [2.75, 3.05) is 37.6 Å². The summed E-state index contributed by atoms with van der Waals surface area (Å²) < 4.78 is 9.16. The molecule has 2 saturated heterocycles. The Labute approximate surface area is 250 Å². The minimum Gasteiger partial charge on any atom is -0.490 e. The zero-order valence-electron chi connectivity index (χ0n) is 23.9. The first-order chi connectivity index (χ1) is 19.9. The lowest BCUT2D eigenvalue weighted by atomic mass is 9.84. The first-order valence-electron chi connectivity index (χ1n) is 15.1. The molecule has 1 unspecified atom stereocenters. The molecular weight excluding hydrogens is 582 g/mol. The highest BCUT2D eigenvalue weighted by Gasteiger charge is 2.32. The maximum atomic E-state index is 12.5. The summed E-state index contributed by atoms with van der Waals surface area (Å²) in [5.74, 6) is 0.998. The van der Waals surface area contributed by atoms with Gasteiger partial charge in [-0.15, -0.1) is 0 Å². The molecule has 1 saturated carbocycles. The van der Waals surface area contributed by atoms with Gasteiger partial charge in [-0.2, -0.15) is 5.10 Å². The van der Waals surface area contributed by atoms with Crippen molar-refractivity contribution in [1.82, 2.24) is 20.0 Å². The van der Waals surface area contributed by atoms with E-state index < -0.39 is 0 Å². The van der Waals surface area contributed by atoms with Crippen LogP contribution in [-0.4, -0.2) is 65.3 Å². The average Bonchev–Trinajstić information content (AvgIpc) is 3.29. The molecule has 3 fully saturated rings. The Hall–Kier alpha value is -2.91. The zero-order valence-corrected chi connectivity index (χ0v) is 25.4. The van der Waals surface area contributed by atoms with Crippen molar-refractivity contribution in [1.29, 1.82) is 0 Å². The number of piperidine rings is 1. The number of carbonyl (C=O) groups excluding carboxylic acids is 2. The molecule has 218 valence electrons. The van der Waals surface area contributed by atoms with Crippen LogP contribution in [0.1, 0.15) is 63.0 Å². The molecule has 1 atom stereocenters. The second-order valence-electron chi connectivity index (χ2n) is 11.9. The van der Waals surface area contributed by atoms with Gasteiger partial charge in [0, 0.05) is 55.2 Å². The lowest BCUT2D eigenvalue weighted by molar-refractivity contribution is -0.134. The largest absolute Gasteiger partial charge is 0.490 e. The summed E-state index contributed by atoms with van der Waals surface area (Å²) in [7, 11) is 1.93. The minimum absolute atomic E-state index is 0.196. The van der Waals surface area contributed by atoms with Crippen LogP contribution in [0.2, 0.25) is 0 Å². The van der Waals surface area contributed by atoms with Crippen LogP contribution >= 0.6 is 15.9 Å². The van der Waals surface area contributed by atoms with Crippen LogP contribution in [0.15, 0.2) is 46.9 Å². The molecule has 3 aliphatic rings. The molecule has 8 nitrogen and oxygen atoms in total. The number of nitrogens with one attached hydrogen (secondary N) is 1. The van der Waals surface area contributed by atoms with Crippen molar-refractivity contribution >= 4 is 44.3 Å². The van der Waals surface area contributed by atoms with Gasteiger partial charge in [-0.1, -0.05) is 22.0 Å². The highest BCUT2D eigenvalue weighted by molar-refractivity contribution is 9.10. The average molecular weight is 623 g/mol. The molecule has 3 heterocycles. The topological polar surface area (TPSA) is 79.7 Å². The van der Waals surface area contributed by atoms with E-state index in [-0.39, 0.29) is 17.7 Å². The normalized spacial score (nSPS) is 24.0. The fourth-order valence-corrected chi connectivity index (χ4v) is 7.16. The van der Waals surface area contributed by atoms with Crippen LogP contribution in [-0.2, 0) is 16.6 Å². The van der Waals surface area contributed by atoms with Gasteiger partial charge >= 0.3 is 0 Å². The van der Waals surface area contributed by atoms with E-state index in [1.165, 1.54) is 37.9 Å². The maximum Gasteiger partial charge on any atom is 0.235 e. The summed E-state index contributed by atoms with van der Waals surface area (Å²) in [6, 6.07) is 14.6. The number of amides is 2. The molecule has 2 aromatic carbocycles. The number of piperazine rings is 1. The van der Waals surface area contributed by atoms with E-state index in [2.05, 4.69) is 55.3 Å². The van der Waals surface area contributed by atoms with Crippen molar-refractivity contribution in [3.8, 4) is 5.75 Å². The lowest BCUT2D eigenvalue weighted by Gasteiger charge is -2.36. The Balaban J connectivity index is 0.948. The predicted molar refractivity (Wildman–Crippen MR) is 164 cm³/mol. The Morgan fingerprint density at radius 2 is 1.80 bits per heavy atom. The van der Waals surface area contributed by atoms with Gasteiger partial charge < -0.3 is 9.64 Å². The fraction of sp³-hybridized carbons (Fsp3) is 0.531. The van der Waals surface area contributed by atoms with Crippen LogP contribution in [0.3, 0.4) is 0 Å². The van der Waals surface area contributed by atoms with Crippen LogP contribution in [0.4, 0.5) is 5.69 Å². The first-order valence-corrected chi connectivity index (χ1v) is 15.9. The second kappa shape index (κ2) is 12.5. The maximum absolute atomic E-state index is 12.5. The highest BCUT2D eigenvalue weighted by atomic mass is 79.9. The van der Waals surface area contributed by atoms with E-state index in [0.717, 1.165) is 71.8 Å². The number of nitrogens with zero attached hydrogens (tertiary/aromatic N) is 4. The third kappa shape index (κ3) is 6.61. The van der Waals surface area contributed by atoms with Gasteiger partial charge in [0.2, 0.25) is 11.8 Å². The smallest absolute Gasteiger partial charge is 0.235 e. The SMILES string of the molecule is Cn1nc(C2CCC(=O)NC2=O)c2ccc(N3CCN(CCC[C@H]4CC[C@H](Oc5cccc(Br)c5)CC4)CC3)cc21. The molecular formula is C32H40BrN5O3. The zero-order chi connectivity index (χ0) is 28.3. The summed E-state index contributed by atoms with van der Waals surface area (Å²) in [6.45, 7) is 5.37. The number of anilines is 1. The standard InChI is InChI=1S/C32H40BrN5O3/c1-36-29-21-24(9-12-27(29)31(35-36)28-13-14-30(39)34-32(28)40)38-18-16-37(17-19-38)15-3-4-22-7-10-25(11-8-22)41-26-6-2-5-23(33)20-26/h2,5-6,9,12,20-22,25,28H,3-4,7-8,10-11,13-19H2,1H3,(H,34,39,40)/t22-,25-,28?. The number of hydrogen-bond donors (Lipinski definition) is 1. The Morgan fingerprint density at radius 1 is 1.00 bits per heavy atom. The summed E-state index contributed by atoms with van der Waals surface area (Å²) in [5, 5.41) is 8.16. The third-order valence-corrected chi connectivity index (χ3v) is 9.64. The van der Waals surface area contributed by atoms with Gasteiger partial charge in [0.05, 0.1) is 23.2 Å². The van der Waals surface area contributed by atoms with Crippen molar-refractivity contribution in [3.63, 3.8) is 0 Å². The molecule has 2 amide bonds. The molecule has 0 bridgehead atoms. The third-order valence-electron chi connectivity index (χ3n) is 9.15. The number of aryl methyl sites for hydroxylation is 1. The first kappa shape index (κ1) is 28.2. The van der Waals surface area contributed by atoms with Crippen LogP contribution < -0.4 is 15.0 Å². The molecule has 1 aliphatic carbocycles. The fourth-order valence-electron chi connectivity index (χ4n) is 6.79. The van der Waals surface area contributed by atoms with E-state index in [4.69, 9.17) is 9.84 Å². The van der Waals surface area contributed by atoms with Gasteiger partial charge in [0.1, 0.15) is 5.75 Å². The number of rotatable bonds is 8. The molecule has 1 aromatic heterocycles. The van der Waals surface area contributed by atoms with Crippen LogP contribution in [0, 0.1) is 5.92 Å². The van der Waals surface area contributed by atoms with Gasteiger partial charge in [-0.3, -0.25) is 24.5 Å². The number of ether oxygens (including phenoxy) is 1. The Bertz CT molecular complexity index is 1390. The molecule has 2 aliphatic heterocycles. The van der Waals surface area contributed by atoms with E-state index in [0.29, 0.717) is 18.9 Å². The molecule has 9 heteroatoms. The summed E-state index contributed by atoms with van der Waals surface area (Å²) >= 11 is 3.53. The number of fused-ring (bicyclic) bond motifs is 1. The van der Waals surface area contributed by atoms with Crippen molar-refractivity contribution in [2.45, 2.75) is 63.4 Å². The number of benzene rings is 2. The van der Waals surface area contributed by atoms with E-state index >= 15 is 0 Å². The van der Waals surface area contributed by atoms with Crippen molar-refractivity contribution < 1.29 is 14.3 Å². The second-order valence-corrected chi connectivity index (χ2v) is 12.8. The van der Waals surface area contributed by atoms with Gasteiger partial charge in [-0.25, -0.2) is 0 Å². The van der Waals surface area contributed by atoms with Gasteiger partial charge in [0.15, 0.2) is 0 Å². The molecule has 3 aromatic rings. The Morgan fingerprint density at radius 3 is 2.56 bits per heavy atom. The van der Waals surface area contributed by atoms with E-state index in [1.54, 1.807) is 0 Å². The minimum atomic E-state index is -0.369. The monoisotopic (exact) mass is 621 g/mol. The molecule has 0 radical (unpaired) electrons. The highest BCUT2D eigenvalue weighted by Crippen LogP contribution is 2.33. The predicted octanol–water partition coefficient (Wildman–Crippen LogP) is 5.40. The molecule has 41 heavy (non-hydrogen) atoms. The summed E-state index contributed by atoms with van der Waals surface area (Å²) in [4.78, 5) is 29.1. The van der Waals surface area contributed by atoms with E-state index in [9.17, 15) is 9.59 Å².